The van der Waals surface area contributed by atoms with E-state index in [1.807, 2.05) is 36.4 Å². The maximum atomic E-state index is 5.29. The van der Waals surface area contributed by atoms with Crippen LogP contribution < -0.4 is 14.8 Å². The summed E-state index contributed by atoms with van der Waals surface area (Å²) in [5, 5.41) is 3.71. The molecule has 24 heavy (non-hydrogen) atoms. The van der Waals surface area contributed by atoms with Gasteiger partial charge in [-0.1, -0.05) is 43.4 Å². The summed E-state index contributed by atoms with van der Waals surface area (Å²) in [4.78, 5) is 0. The predicted octanol–water partition coefficient (Wildman–Crippen LogP) is 4.77. The molecule has 2 aromatic carbocycles. The Bertz CT molecular complexity index is 731. The molecule has 0 aromatic heterocycles. The molecule has 0 heterocycles. The third-order valence-electron chi connectivity index (χ3n) is 4.60. The quantitative estimate of drug-likeness (QED) is 0.860. The number of anilines is 1. The highest BCUT2D eigenvalue weighted by atomic mass is 16.5. The Morgan fingerprint density at radius 1 is 0.833 bits per heavy atom. The van der Waals surface area contributed by atoms with Gasteiger partial charge in [0.2, 0.25) is 0 Å². The molecule has 3 rings (SSSR count). The highest BCUT2D eigenvalue weighted by molar-refractivity contribution is 5.54. The van der Waals surface area contributed by atoms with Crippen LogP contribution in [0.5, 0.6) is 11.5 Å². The van der Waals surface area contributed by atoms with Gasteiger partial charge >= 0.3 is 0 Å². The van der Waals surface area contributed by atoms with Crippen LogP contribution in [0.25, 0.3) is 0 Å². The van der Waals surface area contributed by atoms with Gasteiger partial charge in [0.05, 0.1) is 19.8 Å². The number of hydrogen-bond acceptors (Lipinski definition) is 3. The first-order valence-corrected chi connectivity index (χ1v) is 8.11. The Labute approximate surface area is 143 Å². The molecule has 0 radical (unpaired) electrons. The fourth-order valence-electron chi connectivity index (χ4n) is 3.11. The lowest BCUT2D eigenvalue weighted by molar-refractivity contribution is 0.413. The van der Waals surface area contributed by atoms with Crippen LogP contribution in [-0.2, 0) is 5.54 Å². The van der Waals surface area contributed by atoms with Crippen molar-refractivity contribution < 1.29 is 9.47 Å². The van der Waals surface area contributed by atoms with Crippen LogP contribution in [0.3, 0.4) is 0 Å². The van der Waals surface area contributed by atoms with Gasteiger partial charge in [0.1, 0.15) is 11.5 Å². The van der Waals surface area contributed by atoms with E-state index in [1.54, 1.807) is 14.2 Å². The molecule has 0 fully saturated rings. The largest absolute Gasteiger partial charge is 0.497 e. The Morgan fingerprint density at radius 3 is 1.96 bits per heavy atom. The van der Waals surface area contributed by atoms with Crippen LogP contribution in [-0.4, -0.2) is 14.2 Å². The number of nitrogens with one attached hydrogen (secondary N) is 1. The Kier molecular flexibility index (Phi) is 4.61. The third kappa shape index (κ3) is 3.02. The van der Waals surface area contributed by atoms with Gasteiger partial charge in [-0.2, -0.15) is 0 Å². The molecule has 0 spiro atoms. The minimum atomic E-state index is -0.296. The molecule has 3 nitrogen and oxygen atoms in total. The van der Waals surface area contributed by atoms with Crippen LogP contribution in [0.4, 0.5) is 5.69 Å². The summed E-state index contributed by atoms with van der Waals surface area (Å²) in [6.45, 7) is 2.22. The zero-order chi connectivity index (χ0) is 17.0. The van der Waals surface area contributed by atoms with E-state index in [9.17, 15) is 0 Å². The molecule has 2 aromatic rings. The molecule has 0 amide bonds. The molecule has 0 bridgehead atoms. The van der Waals surface area contributed by atoms with Crippen LogP contribution in [0.2, 0.25) is 0 Å². The summed E-state index contributed by atoms with van der Waals surface area (Å²) in [5.41, 5.74) is 1.96. The normalized spacial score (nSPS) is 22.2. The average molecular weight is 321 g/mol. The van der Waals surface area contributed by atoms with E-state index in [-0.39, 0.29) is 5.54 Å². The molecule has 0 saturated heterocycles. The highest BCUT2D eigenvalue weighted by Gasteiger charge is 2.35. The third-order valence-corrected chi connectivity index (χ3v) is 4.60. The van der Waals surface area contributed by atoms with E-state index < -0.39 is 0 Å². The van der Waals surface area contributed by atoms with Gasteiger partial charge in [-0.3, -0.25) is 0 Å². The number of hydrogen-bond donors (Lipinski definition) is 1. The zero-order valence-corrected chi connectivity index (χ0v) is 14.3. The molecular formula is C21H23NO2. The predicted molar refractivity (Wildman–Crippen MR) is 98.7 cm³/mol. The molecule has 2 atom stereocenters. The summed E-state index contributed by atoms with van der Waals surface area (Å²) in [7, 11) is 3.37. The summed E-state index contributed by atoms with van der Waals surface area (Å²) in [6, 6.07) is 16.3. The summed E-state index contributed by atoms with van der Waals surface area (Å²) in [6.07, 6.45) is 8.65. The minimum Gasteiger partial charge on any atom is -0.497 e. The van der Waals surface area contributed by atoms with Crippen LogP contribution in [0, 0.1) is 5.92 Å². The maximum absolute atomic E-state index is 5.29. The SMILES string of the molecule is COc1ccc(NC2(c3ccc(OC)cc3)C=CC=CC2C)cc1. The molecule has 1 aliphatic carbocycles. The second-order valence-corrected chi connectivity index (χ2v) is 5.98. The average Bonchev–Trinajstić information content (AvgIpc) is 2.64. The lowest BCUT2D eigenvalue weighted by Crippen LogP contribution is -2.40. The van der Waals surface area contributed by atoms with Crippen molar-refractivity contribution in [3.8, 4) is 11.5 Å². The smallest absolute Gasteiger partial charge is 0.119 e. The van der Waals surface area contributed by atoms with Gasteiger partial charge in [0.25, 0.3) is 0 Å². The zero-order valence-electron chi connectivity index (χ0n) is 14.3. The van der Waals surface area contributed by atoms with Crippen LogP contribution in [0.15, 0.2) is 72.8 Å². The van der Waals surface area contributed by atoms with Crippen molar-refractivity contribution in [1.29, 1.82) is 0 Å². The van der Waals surface area contributed by atoms with Crippen molar-refractivity contribution in [2.24, 2.45) is 5.92 Å². The molecule has 124 valence electrons. The van der Waals surface area contributed by atoms with Crippen molar-refractivity contribution in [3.63, 3.8) is 0 Å². The van der Waals surface area contributed by atoms with E-state index in [0.717, 1.165) is 17.2 Å². The lowest BCUT2D eigenvalue weighted by Gasteiger charge is -2.39. The standard InChI is InChI=1S/C21H23NO2/c1-16-6-4-5-15-21(16,17-7-11-19(23-2)12-8-17)22-18-9-13-20(24-3)14-10-18/h4-16,22H,1-3H3. The Balaban J connectivity index is 1.98. The van der Waals surface area contributed by atoms with Crippen molar-refractivity contribution in [1.82, 2.24) is 0 Å². The van der Waals surface area contributed by atoms with E-state index in [2.05, 4.69) is 48.7 Å². The summed E-state index contributed by atoms with van der Waals surface area (Å²) < 4.78 is 10.5. The van der Waals surface area contributed by atoms with Gasteiger partial charge in [-0.25, -0.2) is 0 Å². The lowest BCUT2D eigenvalue weighted by atomic mass is 9.76. The first kappa shape index (κ1) is 16.2. The van der Waals surface area contributed by atoms with Gasteiger partial charge in [0, 0.05) is 11.6 Å². The van der Waals surface area contributed by atoms with Crippen LogP contribution >= 0.6 is 0 Å². The highest BCUT2D eigenvalue weighted by Crippen LogP contribution is 2.39. The van der Waals surface area contributed by atoms with E-state index >= 15 is 0 Å². The van der Waals surface area contributed by atoms with Gasteiger partial charge in [-0.15, -0.1) is 0 Å². The molecule has 1 aliphatic rings. The first-order valence-electron chi connectivity index (χ1n) is 8.11. The molecule has 0 saturated carbocycles. The minimum absolute atomic E-state index is 0.296. The number of methoxy groups -OCH3 is 2. The maximum Gasteiger partial charge on any atom is 0.119 e. The van der Waals surface area contributed by atoms with Gasteiger partial charge < -0.3 is 14.8 Å². The van der Waals surface area contributed by atoms with Gasteiger partial charge in [-0.05, 0) is 42.0 Å². The fourth-order valence-corrected chi connectivity index (χ4v) is 3.11. The fraction of sp³-hybridized carbons (Fsp3) is 0.238. The van der Waals surface area contributed by atoms with Gasteiger partial charge in [0.15, 0.2) is 0 Å². The van der Waals surface area contributed by atoms with Crippen molar-refractivity contribution in [2.75, 3.05) is 19.5 Å². The Morgan fingerprint density at radius 2 is 1.42 bits per heavy atom. The second kappa shape index (κ2) is 6.83. The summed E-state index contributed by atoms with van der Waals surface area (Å²) >= 11 is 0. The Hall–Kier alpha value is -2.68. The monoisotopic (exact) mass is 321 g/mol. The van der Waals surface area contributed by atoms with Crippen LogP contribution in [0.1, 0.15) is 12.5 Å². The van der Waals surface area contributed by atoms with E-state index in [0.29, 0.717) is 5.92 Å². The first-order chi connectivity index (χ1) is 11.7. The number of allylic oxidation sites excluding steroid dienone is 2. The van der Waals surface area contributed by atoms with Crippen molar-refractivity contribution in [2.45, 2.75) is 12.5 Å². The molecule has 0 aliphatic heterocycles. The topological polar surface area (TPSA) is 30.5 Å². The van der Waals surface area contributed by atoms with Crippen molar-refractivity contribution in [3.05, 3.63) is 78.4 Å². The van der Waals surface area contributed by atoms with E-state index in [4.69, 9.17) is 9.47 Å². The number of rotatable bonds is 5. The second-order valence-electron chi connectivity index (χ2n) is 5.98. The van der Waals surface area contributed by atoms with Crippen molar-refractivity contribution >= 4 is 5.69 Å². The molecule has 1 N–H and O–H groups in total. The molecule has 2 unspecified atom stereocenters. The number of benzene rings is 2. The summed E-state index contributed by atoms with van der Waals surface area (Å²) in [5.74, 6) is 2.02. The van der Waals surface area contributed by atoms with E-state index in [1.165, 1.54) is 5.56 Å². The number of ether oxygens (including phenoxy) is 2. The molecular weight excluding hydrogens is 298 g/mol. The molecule has 3 heteroatoms.